The fourth-order valence-electron chi connectivity index (χ4n) is 2.62. The number of aromatic nitrogens is 6. The first kappa shape index (κ1) is 13.9. The molecule has 0 saturated carbocycles. The Labute approximate surface area is 133 Å². The minimum absolute atomic E-state index is 0.597. The second kappa shape index (κ2) is 4.62. The molecule has 0 N–H and O–H groups in total. The fourth-order valence-corrected chi connectivity index (χ4v) is 2.62. The Hall–Kier alpha value is -2.76. The third kappa shape index (κ3) is 2.18. The molecule has 0 aliphatic carbocycles. The Balaban J connectivity index is 1.85. The Morgan fingerprint density at radius 2 is 1.04 bits per heavy atom. The number of hydrogen-bond acceptors (Lipinski definition) is 4. The Morgan fingerprint density at radius 3 is 1.48 bits per heavy atom. The van der Waals surface area contributed by atoms with Crippen LogP contribution in [0, 0.1) is 13.8 Å². The average Bonchev–Trinajstić information content (AvgIpc) is 3.10. The maximum absolute atomic E-state index is 4.61. The third-order valence-corrected chi connectivity index (χ3v) is 4.05. The number of hydrogen-bond donors (Lipinski definition) is 0. The van der Waals surface area contributed by atoms with Crippen molar-refractivity contribution in [2.75, 3.05) is 0 Å². The predicted molar refractivity (Wildman–Crippen MR) is 89.3 cm³/mol. The van der Waals surface area contributed by atoms with Gasteiger partial charge in [-0.25, -0.2) is 0 Å². The summed E-state index contributed by atoms with van der Waals surface area (Å²) in [6.45, 7) is 8.11. The molecule has 6 nitrogen and oxygen atoms in total. The van der Waals surface area contributed by atoms with Crippen LogP contribution in [0.1, 0.15) is 25.0 Å². The predicted octanol–water partition coefficient (Wildman–Crippen LogP) is 3.03. The molecular weight excluding hydrogens is 288 g/mol. The molecule has 0 aliphatic rings. The number of aryl methyl sites for hydroxylation is 2. The summed E-state index contributed by atoms with van der Waals surface area (Å²) in [6.07, 6.45) is 0. The second-order valence-electron chi connectivity index (χ2n) is 6.46. The van der Waals surface area contributed by atoms with Crippen LogP contribution in [0.15, 0.2) is 36.4 Å². The Bertz CT molecular complexity index is 942. The lowest BCUT2D eigenvalue weighted by Gasteiger charge is -2.22. The van der Waals surface area contributed by atoms with Crippen molar-refractivity contribution in [2.45, 2.75) is 33.4 Å². The SMILES string of the molecule is Cc1ccc2nn(C(C)(C)n3nc4ccc(C)cc4n3)nc2c1. The van der Waals surface area contributed by atoms with Crippen LogP contribution < -0.4 is 0 Å². The maximum Gasteiger partial charge on any atom is 0.186 e. The van der Waals surface area contributed by atoms with Gasteiger partial charge in [0.1, 0.15) is 22.1 Å². The molecule has 2 aromatic heterocycles. The summed E-state index contributed by atoms with van der Waals surface area (Å²) in [5, 5.41) is 18.4. The van der Waals surface area contributed by atoms with E-state index in [0.717, 1.165) is 22.1 Å². The second-order valence-corrected chi connectivity index (χ2v) is 6.46. The fraction of sp³-hybridized carbons (Fsp3) is 0.294. The van der Waals surface area contributed by atoms with E-state index in [1.165, 1.54) is 11.1 Å². The molecule has 0 unspecified atom stereocenters. The standard InChI is InChI=1S/C17H18N6/c1-11-5-7-13-15(9-11)20-22(18-13)17(3,4)23-19-14-8-6-12(2)10-16(14)21-23/h5-10H,1-4H3. The van der Waals surface area contributed by atoms with Crippen molar-refractivity contribution in [3.63, 3.8) is 0 Å². The minimum atomic E-state index is -0.597. The summed E-state index contributed by atoms with van der Waals surface area (Å²) in [5.41, 5.74) is 5.24. The first-order chi connectivity index (χ1) is 10.9. The van der Waals surface area contributed by atoms with Crippen molar-refractivity contribution in [1.29, 1.82) is 0 Å². The van der Waals surface area contributed by atoms with Gasteiger partial charge in [-0.3, -0.25) is 0 Å². The number of benzene rings is 2. The van der Waals surface area contributed by atoms with Crippen LogP contribution in [0.3, 0.4) is 0 Å². The molecule has 2 heterocycles. The van der Waals surface area contributed by atoms with Gasteiger partial charge in [0.25, 0.3) is 0 Å². The van der Waals surface area contributed by atoms with E-state index in [-0.39, 0.29) is 0 Å². The average molecular weight is 306 g/mol. The highest BCUT2D eigenvalue weighted by molar-refractivity contribution is 5.75. The summed E-state index contributed by atoms with van der Waals surface area (Å²) in [5.74, 6) is 0. The van der Waals surface area contributed by atoms with Gasteiger partial charge in [-0.1, -0.05) is 12.1 Å². The van der Waals surface area contributed by atoms with Gasteiger partial charge >= 0.3 is 0 Å². The number of rotatable bonds is 2. The van der Waals surface area contributed by atoms with E-state index in [1.54, 1.807) is 9.59 Å². The zero-order valence-corrected chi connectivity index (χ0v) is 13.6. The van der Waals surface area contributed by atoms with Crippen LogP contribution >= 0.6 is 0 Å². The van der Waals surface area contributed by atoms with Crippen LogP contribution in [-0.4, -0.2) is 30.0 Å². The van der Waals surface area contributed by atoms with Gasteiger partial charge in [0.15, 0.2) is 5.66 Å². The summed E-state index contributed by atoms with van der Waals surface area (Å²) in [4.78, 5) is 3.37. The molecule has 116 valence electrons. The topological polar surface area (TPSA) is 61.4 Å². The zero-order valence-electron chi connectivity index (χ0n) is 13.6. The molecule has 2 aromatic carbocycles. The van der Waals surface area contributed by atoms with Crippen LogP contribution in [0.5, 0.6) is 0 Å². The van der Waals surface area contributed by atoms with Gasteiger partial charge in [-0.15, -0.1) is 0 Å². The molecule has 0 radical (unpaired) electrons. The lowest BCUT2D eigenvalue weighted by atomic mass is 10.2. The first-order valence-corrected chi connectivity index (χ1v) is 7.62. The molecule has 0 atom stereocenters. The van der Waals surface area contributed by atoms with Crippen molar-refractivity contribution in [3.8, 4) is 0 Å². The lowest BCUT2D eigenvalue weighted by molar-refractivity contribution is 0.185. The van der Waals surface area contributed by atoms with Crippen molar-refractivity contribution in [2.24, 2.45) is 0 Å². The summed E-state index contributed by atoms with van der Waals surface area (Å²) < 4.78 is 0. The number of fused-ring (bicyclic) bond motifs is 2. The first-order valence-electron chi connectivity index (χ1n) is 7.62. The van der Waals surface area contributed by atoms with Crippen LogP contribution in [-0.2, 0) is 5.66 Å². The summed E-state index contributed by atoms with van der Waals surface area (Å²) in [6, 6.07) is 12.1. The highest BCUT2D eigenvalue weighted by atomic mass is 15.6. The van der Waals surface area contributed by atoms with E-state index in [4.69, 9.17) is 0 Å². The zero-order chi connectivity index (χ0) is 16.2. The third-order valence-electron chi connectivity index (χ3n) is 4.05. The maximum atomic E-state index is 4.61. The van der Waals surface area contributed by atoms with Gasteiger partial charge in [0.05, 0.1) is 0 Å². The van der Waals surface area contributed by atoms with Gasteiger partial charge < -0.3 is 0 Å². The highest BCUT2D eigenvalue weighted by Crippen LogP contribution is 2.20. The molecule has 4 rings (SSSR count). The van der Waals surface area contributed by atoms with E-state index in [2.05, 4.69) is 20.4 Å². The Kier molecular flexibility index (Phi) is 2.78. The molecule has 0 fully saturated rings. The molecular formula is C17H18N6. The summed E-state index contributed by atoms with van der Waals surface area (Å²) >= 11 is 0. The largest absolute Gasteiger partial charge is 0.186 e. The molecule has 0 aliphatic heterocycles. The van der Waals surface area contributed by atoms with Gasteiger partial charge in [-0.2, -0.15) is 30.0 Å². The molecule has 6 heteroatoms. The van der Waals surface area contributed by atoms with Crippen molar-refractivity contribution >= 4 is 22.1 Å². The van der Waals surface area contributed by atoms with Crippen molar-refractivity contribution in [3.05, 3.63) is 47.5 Å². The van der Waals surface area contributed by atoms with Crippen molar-refractivity contribution < 1.29 is 0 Å². The Morgan fingerprint density at radius 1 is 0.652 bits per heavy atom. The van der Waals surface area contributed by atoms with Crippen LogP contribution in [0.4, 0.5) is 0 Å². The van der Waals surface area contributed by atoms with E-state index in [9.17, 15) is 0 Å². The summed E-state index contributed by atoms with van der Waals surface area (Å²) in [7, 11) is 0. The van der Waals surface area contributed by atoms with Crippen LogP contribution in [0.25, 0.3) is 22.1 Å². The lowest BCUT2D eigenvalue weighted by Crippen LogP contribution is -2.38. The monoisotopic (exact) mass is 306 g/mol. The van der Waals surface area contributed by atoms with Gasteiger partial charge in [0.2, 0.25) is 0 Å². The molecule has 0 saturated heterocycles. The van der Waals surface area contributed by atoms with E-state index in [1.807, 2.05) is 64.1 Å². The van der Waals surface area contributed by atoms with Crippen molar-refractivity contribution in [1.82, 2.24) is 30.0 Å². The smallest absolute Gasteiger partial charge is 0.154 e. The number of nitrogens with zero attached hydrogens (tertiary/aromatic N) is 6. The molecule has 0 spiro atoms. The van der Waals surface area contributed by atoms with E-state index < -0.39 is 5.66 Å². The van der Waals surface area contributed by atoms with Gasteiger partial charge in [-0.05, 0) is 63.1 Å². The van der Waals surface area contributed by atoms with Crippen LogP contribution in [0.2, 0.25) is 0 Å². The highest BCUT2D eigenvalue weighted by Gasteiger charge is 2.28. The van der Waals surface area contributed by atoms with E-state index in [0.29, 0.717) is 0 Å². The van der Waals surface area contributed by atoms with E-state index >= 15 is 0 Å². The molecule has 23 heavy (non-hydrogen) atoms. The molecule has 0 amide bonds. The normalized spacial score (nSPS) is 12.3. The van der Waals surface area contributed by atoms with Gasteiger partial charge in [0, 0.05) is 0 Å². The molecule has 0 bridgehead atoms. The minimum Gasteiger partial charge on any atom is -0.154 e. The molecule has 4 aromatic rings. The quantitative estimate of drug-likeness (QED) is 0.571.